The van der Waals surface area contributed by atoms with Gasteiger partial charge in [0, 0.05) is 5.88 Å². The average Bonchev–Trinajstić information content (AvgIpc) is 3.64. The van der Waals surface area contributed by atoms with Gasteiger partial charge in [-0.15, -0.1) is 70.9 Å². The van der Waals surface area contributed by atoms with E-state index in [-0.39, 0.29) is 26.2 Å². The molecule has 0 aliphatic heterocycles. The monoisotopic (exact) mass is 615 g/mol. The van der Waals surface area contributed by atoms with Crippen molar-refractivity contribution in [2.45, 2.75) is 78.0 Å². The van der Waals surface area contributed by atoms with Crippen molar-refractivity contribution >= 4 is 33.1 Å². The molecule has 0 bridgehead atoms. The molecule has 205 valence electrons. The van der Waals surface area contributed by atoms with Crippen molar-refractivity contribution in [2.24, 2.45) is 0 Å². The summed E-state index contributed by atoms with van der Waals surface area (Å²) in [6, 6.07) is 39.3. The molecular formula is C37H46ClZr. The van der Waals surface area contributed by atoms with Crippen LogP contribution in [0.4, 0.5) is 0 Å². The van der Waals surface area contributed by atoms with Crippen LogP contribution in [0.2, 0.25) is 0 Å². The third kappa shape index (κ3) is 16.0. The Bertz CT molecular complexity index is 1080. The minimum Gasteiger partial charge on any atom is -0.320 e. The maximum absolute atomic E-state index is 5.53. The fourth-order valence-corrected chi connectivity index (χ4v) is 4.32. The smallest absolute Gasteiger partial charge is 0.320 e. The maximum Gasteiger partial charge on any atom is 3.00 e. The van der Waals surface area contributed by atoms with Crippen molar-refractivity contribution in [3.05, 3.63) is 127 Å². The molecule has 0 nitrogen and oxygen atoms in total. The fraction of sp³-hybridized carbons (Fsp3) is 0.324. The minimum absolute atomic E-state index is 0. The number of alkyl halides is 1. The van der Waals surface area contributed by atoms with Crippen LogP contribution in [0.3, 0.4) is 0 Å². The fourth-order valence-electron chi connectivity index (χ4n) is 4.14. The molecule has 0 spiro atoms. The largest absolute Gasteiger partial charge is 3.00 e. The first kappa shape index (κ1) is 35.1. The summed E-state index contributed by atoms with van der Waals surface area (Å²) >= 11 is 5.53. The van der Waals surface area contributed by atoms with E-state index in [0.29, 0.717) is 5.88 Å². The average molecular weight is 617 g/mol. The number of halogens is 1. The van der Waals surface area contributed by atoms with E-state index in [2.05, 4.69) is 106 Å². The second kappa shape index (κ2) is 22.8. The van der Waals surface area contributed by atoms with Gasteiger partial charge in [-0.2, -0.15) is 55.3 Å². The first-order chi connectivity index (χ1) is 18.6. The van der Waals surface area contributed by atoms with Crippen molar-refractivity contribution in [3.8, 4) is 0 Å². The molecule has 0 fully saturated rings. The summed E-state index contributed by atoms with van der Waals surface area (Å²) in [7, 11) is 0. The van der Waals surface area contributed by atoms with Crippen LogP contribution in [0.5, 0.6) is 0 Å². The number of benzene rings is 3. The molecule has 0 heterocycles. The molecule has 5 aromatic rings. The normalized spacial score (nSPS) is 9.97. The Morgan fingerprint density at radius 3 is 1.49 bits per heavy atom. The van der Waals surface area contributed by atoms with Gasteiger partial charge in [-0.3, -0.25) is 0 Å². The summed E-state index contributed by atoms with van der Waals surface area (Å²) < 4.78 is 0. The van der Waals surface area contributed by atoms with Gasteiger partial charge < -0.3 is 5.92 Å². The zero-order valence-electron chi connectivity index (χ0n) is 24.2. The summed E-state index contributed by atoms with van der Waals surface area (Å²) in [6.07, 6.45) is 11.3. The standard InChI is InChI=1S/C12H25.2C9H7.C7H7Cl.Zr/c1-4-5-6-7-8-9-10-11-12(2)3;2*1-2-5-9-7-3-6-8(9)4-1;8-6-7-4-2-1-3-5-7;/h4-11H2,1-3H3;2*1-7H;1-5H,6H2;/q3*-1;;+3. The van der Waals surface area contributed by atoms with Crippen LogP contribution < -0.4 is 0 Å². The Morgan fingerprint density at radius 1 is 0.590 bits per heavy atom. The molecule has 0 amide bonds. The molecule has 0 atom stereocenters. The molecule has 1 radical (unpaired) electrons. The number of unbranched alkanes of at least 4 members (excludes halogenated alkanes) is 6. The second-order valence-corrected chi connectivity index (χ2v) is 10.3. The summed E-state index contributed by atoms with van der Waals surface area (Å²) in [5, 5.41) is 5.32. The summed E-state index contributed by atoms with van der Waals surface area (Å²) in [5.41, 5.74) is 1.18. The van der Waals surface area contributed by atoms with Crippen LogP contribution in [-0.4, -0.2) is 0 Å². The molecule has 5 rings (SSSR count). The van der Waals surface area contributed by atoms with Crippen molar-refractivity contribution in [1.82, 2.24) is 0 Å². The van der Waals surface area contributed by atoms with E-state index >= 15 is 0 Å². The molecule has 0 aliphatic rings. The van der Waals surface area contributed by atoms with E-state index in [9.17, 15) is 0 Å². The van der Waals surface area contributed by atoms with Gasteiger partial charge in [-0.1, -0.05) is 94.3 Å². The third-order valence-corrected chi connectivity index (χ3v) is 6.68. The number of hydrogen-bond donors (Lipinski definition) is 0. The maximum atomic E-state index is 5.53. The molecular weight excluding hydrogens is 571 g/mol. The number of hydrogen-bond acceptors (Lipinski definition) is 0. The van der Waals surface area contributed by atoms with Crippen molar-refractivity contribution < 1.29 is 26.2 Å². The predicted octanol–water partition coefficient (Wildman–Crippen LogP) is 12.3. The second-order valence-electron chi connectivity index (χ2n) is 10.0. The summed E-state index contributed by atoms with van der Waals surface area (Å²) in [4.78, 5) is 0. The van der Waals surface area contributed by atoms with Gasteiger partial charge in [-0.25, -0.2) is 0 Å². The van der Waals surface area contributed by atoms with Crippen LogP contribution >= 0.6 is 11.6 Å². The van der Waals surface area contributed by atoms with E-state index in [1.165, 1.54) is 78.5 Å². The molecule has 0 N–H and O–H groups in total. The third-order valence-electron chi connectivity index (χ3n) is 6.37. The van der Waals surface area contributed by atoms with E-state index in [1.807, 2.05) is 30.3 Å². The van der Waals surface area contributed by atoms with Crippen molar-refractivity contribution in [1.29, 1.82) is 0 Å². The topological polar surface area (TPSA) is 0 Å². The molecule has 0 saturated carbocycles. The first-order valence-electron chi connectivity index (χ1n) is 14.2. The number of fused-ring (bicyclic) bond motifs is 2. The van der Waals surface area contributed by atoms with Gasteiger partial charge in [0.05, 0.1) is 0 Å². The van der Waals surface area contributed by atoms with Gasteiger partial charge in [-0.05, 0) is 5.56 Å². The Hall–Kier alpha value is -1.95. The Kier molecular flexibility index (Phi) is 20.5. The molecule has 0 aliphatic carbocycles. The summed E-state index contributed by atoms with van der Waals surface area (Å²) in [6.45, 7) is 6.74. The van der Waals surface area contributed by atoms with E-state index in [1.54, 1.807) is 5.92 Å². The first-order valence-corrected chi connectivity index (χ1v) is 14.8. The van der Waals surface area contributed by atoms with Gasteiger partial charge in [0.15, 0.2) is 0 Å². The van der Waals surface area contributed by atoms with Gasteiger partial charge in [0.1, 0.15) is 0 Å². The van der Waals surface area contributed by atoms with Crippen LogP contribution in [0, 0.1) is 5.92 Å². The van der Waals surface area contributed by atoms with Crippen LogP contribution in [0.1, 0.15) is 77.7 Å². The molecule has 39 heavy (non-hydrogen) atoms. The zero-order chi connectivity index (χ0) is 27.3. The molecule has 2 heteroatoms. The zero-order valence-corrected chi connectivity index (χ0v) is 27.4. The van der Waals surface area contributed by atoms with Crippen LogP contribution in [0.25, 0.3) is 21.5 Å². The SMILES string of the molecule is CCCCCCCCC[C-](C)C.ClCc1ccccc1.[Zr+3].c1ccc2[cH-]ccc2c1.c1ccc2[cH-]ccc2c1. The van der Waals surface area contributed by atoms with E-state index in [4.69, 9.17) is 11.6 Å². The van der Waals surface area contributed by atoms with Crippen molar-refractivity contribution in [2.75, 3.05) is 0 Å². The molecule has 5 aromatic carbocycles. The predicted molar refractivity (Wildman–Crippen MR) is 172 cm³/mol. The van der Waals surface area contributed by atoms with Crippen molar-refractivity contribution in [3.63, 3.8) is 0 Å². The summed E-state index contributed by atoms with van der Waals surface area (Å²) in [5.74, 6) is 2.20. The Morgan fingerprint density at radius 2 is 1.05 bits per heavy atom. The van der Waals surface area contributed by atoms with Gasteiger partial charge in [0.25, 0.3) is 0 Å². The molecule has 0 saturated heterocycles. The molecule has 0 unspecified atom stereocenters. The van der Waals surface area contributed by atoms with Crippen LogP contribution in [-0.2, 0) is 32.1 Å². The Balaban J connectivity index is 0.000000260. The number of rotatable bonds is 9. The Labute approximate surface area is 262 Å². The van der Waals surface area contributed by atoms with E-state index < -0.39 is 0 Å². The minimum atomic E-state index is 0. The van der Waals surface area contributed by atoms with Gasteiger partial charge in [0.2, 0.25) is 0 Å². The van der Waals surface area contributed by atoms with Crippen LogP contribution in [0.15, 0.2) is 115 Å². The molecule has 0 aromatic heterocycles. The van der Waals surface area contributed by atoms with Gasteiger partial charge >= 0.3 is 26.2 Å². The quantitative estimate of drug-likeness (QED) is 0.0877. The van der Waals surface area contributed by atoms with E-state index in [0.717, 1.165) is 0 Å².